The van der Waals surface area contributed by atoms with Crippen molar-refractivity contribution in [2.75, 3.05) is 13.2 Å². The average Bonchev–Trinajstić information content (AvgIpc) is 3.26. The molecule has 0 aromatic heterocycles. The summed E-state index contributed by atoms with van der Waals surface area (Å²) in [6.45, 7) is 5.81. The average molecular weight is 893 g/mol. The zero-order chi connectivity index (χ0) is 46.2. The molecule has 63 heavy (non-hydrogen) atoms. The van der Waals surface area contributed by atoms with E-state index in [-0.39, 0.29) is 25.9 Å². The number of carbonyl (C=O) groups excluding carboxylic acids is 3. The second-order valence-corrected chi connectivity index (χ2v) is 17.1. The molecule has 1 aliphatic rings. The van der Waals surface area contributed by atoms with Gasteiger partial charge in [0.1, 0.15) is 18.8 Å². The van der Waals surface area contributed by atoms with Crippen molar-refractivity contribution in [2.24, 2.45) is 0 Å². The Balaban J connectivity index is 2.75. The molecule has 1 aliphatic heterocycles. The highest BCUT2D eigenvalue weighted by atomic mass is 16.7. The fourth-order valence-electron chi connectivity index (χ4n) is 7.27. The molecule has 6 unspecified atom stereocenters. The van der Waals surface area contributed by atoms with Gasteiger partial charge >= 0.3 is 23.9 Å². The van der Waals surface area contributed by atoms with Gasteiger partial charge in [0.15, 0.2) is 24.6 Å². The van der Waals surface area contributed by atoms with Crippen LogP contribution >= 0.6 is 0 Å². The first-order valence-corrected chi connectivity index (χ1v) is 25.0. The molecule has 0 aromatic carbocycles. The standard InChI is InChI=1S/C51H88O12/c1-4-7-10-13-16-19-21-22-24-27-30-33-36-39-45(54)62-49-47(56)46(55)48(50(57)58)63-51(49)60-41-42(61-44(53)38-35-32-29-25-18-15-12-9-6-3)40-59-43(52)37-34-31-28-26-23-20-17-14-11-8-5-2/h10,13-14,17,19,21,42,46-49,51,55-56H,4-9,11-12,15-16,18,20,22-41H2,1-3H3,(H,57,58)/b13-10-,17-14-,21-19-. The molecule has 1 heterocycles. The van der Waals surface area contributed by atoms with E-state index in [0.29, 0.717) is 19.3 Å². The summed E-state index contributed by atoms with van der Waals surface area (Å²) in [7, 11) is 0. The minimum atomic E-state index is -1.90. The van der Waals surface area contributed by atoms with Crippen molar-refractivity contribution in [1.29, 1.82) is 0 Å². The molecule has 0 saturated carbocycles. The van der Waals surface area contributed by atoms with Crippen LogP contribution in [-0.4, -0.2) is 89.2 Å². The van der Waals surface area contributed by atoms with Gasteiger partial charge in [-0.15, -0.1) is 0 Å². The molecule has 1 saturated heterocycles. The second-order valence-electron chi connectivity index (χ2n) is 17.1. The lowest BCUT2D eigenvalue weighted by molar-refractivity contribution is -0.301. The van der Waals surface area contributed by atoms with Gasteiger partial charge in [0, 0.05) is 19.3 Å². The third-order valence-corrected chi connectivity index (χ3v) is 11.2. The van der Waals surface area contributed by atoms with E-state index >= 15 is 0 Å². The van der Waals surface area contributed by atoms with Gasteiger partial charge in [0.2, 0.25) is 0 Å². The Labute approximate surface area is 381 Å². The molecule has 12 heteroatoms. The first-order valence-electron chi connectivity index (χ1n) is 25.0. The Kier molecular flexibility index (Phi) is 37.2. The Morgan fingerprint density at radius 2 is 1.00 bits per heavy atom. The number of allylic oxidation sites excluding steroid dienone is 6. The van der Waals surface area contributed by atoms with Crippen LogP contribution in [0.1, 0.15) is 213 Å². The van der Waals surface area contributed by atoms with E-state index in [1.54, 1.807) is 0 Å². The summed E-state index contributed by atoms with van der Waals surface area (Å²) in [5.41, 5.74) is 0. The van der Waals surface area contributed by atoms with E-state index in [0.717, 1.165) is 109 Å². The molecule has 6 atom stereocenters. The van der Waals surface area contributed by atoms with E-state index in [9.17, 15) is 34.5 Å². The molecule has 1 fully saturated rings. The van der Waals surface area contributed by atoms with Gasteiger partial charge in [-0.1, -0.05) is 166 Å². The van der Waals surface area contributed by atoms with Gasteiger partial charge in [0.25, 0.3) is 0 Å². The van der Waals surface area contributed by atoms with Gasteiger partial charge in [-0.25, -0.2) is 4.79 Å². The van der Waals surface area contributed by atoms with Gasteiger partial charge in [-0.05, 0) is 64.2 Å². The molecule has 364 valence electrons. The van der Waals surface area contributed by atoms with E-state index in [1.165, 1.54) is 44.9 Å². The number of carboxylic acid groups (broad SMARTS) is 1. The summed E-state index contributed by atoms with van der Waals surface area (Å²) in [4.78, 5) is 50.6. The highest BCUT2D eigenvalue weighted by Crippen LogP contribution is 2.26. The van der Waals surface area contributed by atoms with Crippen LogP contribution in [0.2, 0.25) is 0 Å². The number of esters is 3. The number of ether oxygens (including phenoxy) is 5. The van der Waals surface area contributed by atoms with Crippen LogP contribution in [0.4, 0.5) is 0 Å². The lowest BCUT2D eigenvalue weighted by Crippen LogP contribution is -2.61. The van der Waals surface area contributed by atoms with Crippen LogP contribution in [0.25, 0.3) is 0 Å². The minimum Gasteiger partial charge on any atom is -0.479 e. The summed E-state index contributed by atoms with van der Waals surface area (Å²) in [5.74, 6) is -3.15. The highest BCUT2D eigenvalue weighted by molar-refractivity contribution is 5.74. The molecule has 0 spiro atoms. The fraction of sp³-hybridized carbons (Fsp3) is 0.804. The normalized spacial score (nSPS) is 19.5. The van der Waals surface area contributed by atoms with Crippen molar-refractivity contribution in [1.82, 2.24) is 0 Å². The van der Waals surface area contributed by atoms with E-state index in [2.05, 4.69) is 57.2 Å². The van der Waals surface area contributed by atoms with Crippen molar-refractivity contribution in [2.45, 2.75) is 250 Å². The van der Waals surface area contributed by atoms with E-state index in [4.69, 9.17) is 23.7 Å². The van der Waals surface area contributed by atoms with Crippen LogP contribution in [0.5, 0.6) is 0 Å². The SMILES string of the molecule is CCC/C=C\C/C=C\CCCCCCCC(=O)OC1C(OCC(COC(=O)CCCCCCC/C=C\CCCC)OC(=O)CCCCCCCCCCC)OC(C(=O)O)C(O)C1O. The molecule has 3 N–H and O–H groups in total. The lowest BCUT2D eigenvalue weighted by atomic mass is 9.98. The second kappa shape index (κ2) is 40.4. The first-order chi connectivity index (χ1) is 30.6. The first kappa shape index (κ1) is 58.0. The summed E-state index contributed by atoms with van der Waals surface area (Å²) in [5, 5.41) is 31.2. The highest BCUT2D eigenvalue weighted by Gasteiger charge is 2.50. The quantitative estimate of drug-likeness (QED) is 0.0230. The Bertz CT molecular complexity index is 1250. The van der Waals surface area contributed by atoms with Crippen LogP contribution in [0.15, 0.2) is 36.5 Å². The van der Waals surface area contributed by atoms with E-state index < -0.39 is 67.3 Å². The number of unbranched alkanes of at least 4 members (excludes halogenated alkanes) is 21. The van der Waals surface area contributed by atoms with Crippen molar-refractivity contribution >= 4 is 23.9 Å². The maximum Gasteiger partial charge on any atom is 0.335 e. The molecule has 0 aliphatic carbocycles. The molecule has 0 bridgehead atoms. The number of hydrogen-bond acceptors (Lipinski definition) is 11. The molecule has 0 radical (unpaired) electrons. The maximum atomic E-state index is 13.0. The number of hydrogen-bond donors (Lipinski definition) is 3. The Morgan fingerprint density at radius 1 is 0.524 bits per heavy atom. The van der Waals surface area contributed by atoms with Crippen LogP contribution < -0.4 is 0 Å². The van der Waals surface area contributed by atoms with Crippen molar-refractivity contribution in [3.05, 3.63) is 36.5 Å². The van der Waals surface area contributed by atoms with Gasteiger partial charge in [-0.2, -0.15) is 0 Å². The van der Waals surface area contributed by atoms with Gasteiger partial charge in [0.05, 0.1) is 6.61 Å². The smallest absolute Gasteiger partial charge is 0.335 e. The zero-order valence-electron chi connectivity index (χ0n) is 39.6. The molecule has 0 amide bonds. The number of aliphatic hydroxyl groups excluding tert-OH is 2. The van der Waals surface area contributed by atoms with Crippen molar-refractivity contribution in [3.63, 3.8) is 0 Å². The Hall–Kier alpha value is -3.06. The number of carboxylic acids is 1. The largest absolute Gasteiger partial charge is 0.479 e. The lowest BCUT2D eigenvalue weighted by Gasteiger charge is -2.40. The van der Waals surface area contributed by atoms with Crippen LogP contribution in [0.3, 0.4) is 0 Å². The number of aliphatic carboxylic acids is 1. The molecule has 1 rings (SSSR count). The summed E-state index contributed by atoms with van der Waals surface area (Å²) in [6, 6.07) is 0. The summed E-state index contributed by atoms with van der Waals surface area (Å²) >= 11 is 0. The minimum absolute atomic E-state index is 0.0455. The predicted molar refractivity (Wildman–Crippen MR) is 248 cm³/mol. The fourth-order valence-corrected chi connectivity index (χ4v) is 7.27. The number of aliphatic hydroxyl groups is 2. The number of rotatable bonds is 41. The van der Waals surface area contributed by atoms with Gasteiger partial charge < -0.3 is 39.0 Å². The molecular formula is C51H88O12. The van der Waals surface area contributed by atoms with Gasteiger partial charge in [-0.3, -0.25) is 14.4 Å². The van der Waals surface area contributed by atoms with Crippen LogP contribution in [0, 0.1) is 0 Å². The third-order valence-electron chi connectivity index (χ3n) is 11.2. The third kappa shape index (κ3) is 31.5. The molecule has 12 nitrogen and oxygen atoms in total. The summed E-state index contributed by atoms with van der Waals surface area (Å²) in [6.07, 6.45) is 31.5. The van der Waals surface area contributed by atoms with Crippen LogP contribution in [-0.2, 0) is 42.9 Å². The van der Waals surface area contributed by atoms with E-state index in [1.807, 2.05) is 0 Å². The monoisotopic (exact) mass is 893 g/mol. The maximum absolute atomic E-state index is 13.0. The predicted octanol–water partition coefficient (Wildman–Crippen LogP) is 11.3. The van der Waals surface area contributed by atoms with Crippen molar-refractivity contribution in [3.8, 4) is 0 Å². The molecule has 0 aromatic rings. The van der Waals surface area contributed by atoms with Crippen molar-refractivity contribution < 1.29 is 58.2 Å². The Morgan fingerprint density at radius 3 is 1.56 bits per heavy atom. The molecular weight excluding hydrogens is 805 g/mol. The zero-order valence-corrected chi connectivity index (χ0v) is 39.6. The summed E-state index contributed by atoms with van der Waals surface area (Å²) < 4.78 is 28.2. The topological polar surface area (TPSA) is 175 Å². The number of carbonyl (C=O) groups is 4.